The zero-order valence-corrected chi connectivity index (χ0v) is 12.2. The van der Waals surface area contributed by atoms with E-state index in [0.29, 0.717) is 10.0 Å². The van der Waals surface area contributed by atoms with Gasteiger partial charge in [0.2, 0.25) is 5.91 Å². The lowest BCUT2D eigenvalue weighted by Crippen LogP contribution is -2.41. The fourth-order valence-electron chi connectivity index (χ4n) is 2.57. The molecule has 0 saturated heterocycles. The molecule has 5 heteroatoms. The molecule has 19 heavy (non-hydrogen) atoms. The molecule has 1 aromatic carbocycles. The molecule has 1 fully saturated rings. The van der Waals surface area contributed by atoms with Crippen LogP contribution in [-0.2, 0) is 4.79 Å². The van der Waals surface area contributed by atoms with E-state index in [9.17, 15) is 9.18 Å². The van der Waals surface area contributed by atoms with E-state index < -0.39 is 17.8 Å². The molecular weight excluding hydrogens is 311 g/mol. The van der Waals surface area contributed by atoms with E-state index >= 15 is 0 Å². The van der Waals surface area contributed by atoms with Crippen LogP contribution in [0.4, 0.5) is 4.39 Å². The molecule has 1 saturated carbocycles. The van der Waals surface area contributed by atoms with E-state index in [1.54, 1.807) is 12.1 Å². The van der Waals surface area contributed by atoms with Crippen LogP contribution in [0.3, 0.4) is 0 Å². The number of hydrogen-bond acceptors (Lipinski definition) is 2. The minimum absolute atomic E-state index is 0.245. The molecule has 0 unspecified atom stereocenters. The van der Waals surface area contributed by atoms with Crippen molar-refractivity contribution in [3.63, 3.8) is 0 Å². The Morgan fingerprint density at radius 3 is 2.63 bits per heavy atom. The van der Waals surface area contributed by atoms with Gasteiger partial charge in [0.15, 0.2) is 0 Å². The number of carbonyl (C=O) groups excluding carboxylic acids is 1. The quantitative estimate of drug-likeness (QED) is 0.892. The molecular formula is C14H18BrFN2O. The summed E-state index contributed by atoms with van der Waals surface area (Å²) in [6.45, 7) is 0. The second-order valence-electron chi connectivity index (χ2n) is 5.00. The first-order chi connectivity index (χ1) is 9.08. The molecule has 1 aliphatic rings. The lowest BCUT2D eigenvalue weighted by molar-refractivity contribution is -0.120. The highest BCUT2D eigenvalue weighted by Crippen LogP contribution is 2.24. The average molecular weight is 329 g/mol. The predicted molar refractivity (Wildman–Crippen MR) is 76.0 cm³/mol. The van der Waals surface area contributed by atoms with Crippen molar-refractivity contribution >= 4 is 21.8 Å². The summed E-state index contributed by atoms with van der Waals surface area (Å²) in [6.07, 6.45) is 5.55. The highest BCUT2D eigenvalue weighted by Gasteiger charge is 2.25. The molecule has 1 atom stereocenters. The van der Waals surface area contributed by atoms with Crippen LogP contribution in [-0.4, -0.2) is 11.9 Å². The predicted octanol–water partition coefficient (Wildman–Crippen LogP) is 3.04. The Hall–Kier alpha value is -0.940. The van der Waals surface area contributed by atoms with Crippen molar-refractivity contribution in [3.8, 4) is 0 Å². The van der Waals surface area contributed by atoms with Crippen molar-refractivity contribution in [2.24, 2.45) is 5.73 Å². The molecule has 3 N–H and O–H groups in total. The van der Waals surface area contributed by atoms with Gasteiger partial charge < -0.3 is 5.73 Å². The van der Waals surface area contributed by atoms with Gasteiger partial charge in [-0.1, -0.05) is 41.3 Å². The number of rotatable bonds is 4. The van der Waals surface area contributed by atoms with Crippen LogP contribution in [0.25, 0.3) is 0 Å². The summed E-state index contributed by atoms with van der Waals surface area (Å²) in [7, 11) is 0. The fraction of sp³-hybridized carbons (Fsp3) is 0.500. The first-order valence-electron chi connectivity index (χ1n) is 6.58. The molecule has 1 aliphatic carbocycles. The second kappa shape index (κ2) is 6.48. The average Bonchev–Trinajstić information content (AvgIpc) is 2.38. The molecule has 0 spiro atoms. The fourth-order valence-corrected chi connectivity index (χ4v) is 2.90. The maximum atomic E-state index is 13.9. The largest absolute Gasteiger partial charge is 0.368 e. The molecule has 0 aromatic heterocycles. The lowest BCUT2D eigenvalue weighted by Gasteiger charge is -2.27. The minimum atomic E-state index is -0.754. The number of amides is 1. The lowest BCUT2D eigenvalue weighted by atomic mass is 9.93. The number of primary amides is 1. The van der Waals surface area contributed by atoms with Gasteiger partial charge in [0.05, 0.1) is 0 Å². The van der Waals surface area contributed by atoms with Gasteiger partial charge in [0.1, 0.15) is 11.9 Å². The van der Waals surface area contributed by atoms with Gasteiger partial charge >= 0.3 is 0 Å². The summed E-state index contributed by atoms with van der Waals surface area (Å²) in [5.41, 5.74) is 5.73. The van der Waals surface area contributed by atoms with Gasteiger partial charge in [-0.3, -0.25) is 10.1 Å². The van der Waals surface area contributed by atoms with Crippen molar-refractivity contribution in [2.45, 2.75) is 44.2 Å². The summed E-state index contributed by atoms with van der Waals surface area (Å²) in [6, 6.07) is 4.17. The summed E-state index contributed by atoms with van der Waals surface area (Å²) >= 11 is 3.20. The van der Waals surface area contributed by atoms with Gasteiger partial charge in [0.25, 0.3) is 0 Å². The molecule has 0 radical (unpaired) electrons. The number of carbonyl (C=O) groups is 1. The molecule has 3 nitrogen and oxygen atoms in total. The van der Waals surface area contributed by atoms with E-state index in [1.807, 2.05) is 0 Å². The van der Waals surface area contributed by atoms with Crippen LogP contribution >= 0.6 is 15.9 Å². The molecule has 0 heterocycles. The van der Waals surface area contributed by atoms with E-state index in [-0.39, 0.29) is 6.04 Å². The summed E-state index contributed by atoms with van der Waals surface area (Å²) < 4.78 is 14.6. The van der Waals surface area contributed by atoms with Crippen LogP contribution in [0.5, 0.6) is 0 Å². The van der Waals surface area contributed by atoms with Gasteiger partial charge in [-0.05, 0) is 25.0 Å². The van der Waals surface area contributed by atoms with Crippen molar-refractivity contribution in [1.29, 1.82) is 0 Å². The highest BCUT2D eigenvalue weighted by atomic mass is 79.9. The van der Waals surface area contributed by atoms with Crippen LogP contribution in [0, 0.1) is 5.82 Å². The smallest absolute Gasteiger partial charge is 0.239 e. The maximum absolute atomic E-state index is 13.9. The molecule has 1 aromatic rings. The van der Waals surface area contributed by atoms with Crippen molar-refractivity contribution in [1.82, 2.24) is 5.32 Å². The Kier molecular flexibility index (Phi) is 4.93. The Morgan fingerprint density at radius 1 is 1.37 bits per heavy atom. The molecule has 2 rings (SSSR count). The summed E-state index contributed by atoms with van der Waals surface area (Å²) in [5.74, 6) is -0.951. The van der Waals surface area contributed by atoms with Gasteiger partial charge in [-0.2, -0.15) is 0 Å². The zero-order valence-electron chi connectivity index (χ0n) is 10.7. The Morgan fingerprint density at radius 2 is 2.05 bits per heavy atom. The Bertz CT molecular complexity index is 461. The number of nitrogens with two attached hydrogens (primary N) is 1. The van der Waals surface area contributed by atoms with Crippen molar-refractivity contribution in [3.05, 3.63) is 34.1 Å². The zero-order chi connectivity index (χ0) is 13.8. The number of hydrogen-bond donors (Lipinski definition) is 2. The highest BCUT2D eigenvalue weighted by molar-refractivity contribution is 9.10. The summed E-state index contributed by atoms with van der Waals surface area (Å²) in [5, 5.41) is 3.20. The van der Waals surface area contributed by atoms with Crippen LogP contribution in [0.2, 0.25) is 0 Å². The Labute approximate surface area is 120 Å². The first-order valence-corrected chi connectivity index (χ1v) is 7.37. The Balaban J connectivity index is 2.17. The molecule has 1 amide bonds. The van der Waals surface area contributed by atoms with E-state index in [2.05, 4.69) is 21.2 Å². The van der Waals surface area contributed by atoms with Crippen molar-refractivity contribution in [2.75, 3.05) is 0 Å². The van der Waals surface area contributed by atoms with Crippen molar-refractivity contribution < 1.29 is 9.18 Å². The standard InChI is InChI=1S/C14H18BrFN2O/c15-9-6-7-11(12(16)8-9)13(14(17)19)18-10-4-2-1-3-5-10/h6-8,10,13,18H,1-5H2,(H2,17,19)/t13-/m0/s1. The maximum Gasteiger partial charge on any atom is 0.239 e. The van der Waals surface area contributed by atoms with Crippen LogP contribution in [0.15, 0.2) is 22.7 Å². The van der Waals surface area contributed by atoms with Gasteiger partial charge in [0, 0.05) is 16.1 Å². The third kappa shape index (κ3) is 3.76. The topological polar surface area (TPSA) is 55.1 Å². The van der Waals surface area contributed by atoms with Crippen LogP contribution in [0.1, 0.15) is 43.7 Å². The molecule has 104 valence electrons. The van der Waals surface area contributed by atoms with E-state index in [1.165, 1.54) is 12.5 Å². The number of nitrogens with one attached hydrogen (secondary N) is 1. The summed E-state index contributed by atoms with van der Waals surface area (Å²) in [4.78, 5) is 11.6. The minimum Gasteiger partial charge on any atom is -0.368 e. The number of benzene rings is 1. The third-order valence-electron chi connectivity index (χ3n) is 3.57. The SMILES string of the molecule is NC(=O)[C@@H](NC1CCCCC1)c1ccc(Br)cc1F. The normalized spacial score (nSPS) is 18.2. The third-order valence-corrected chi connectivity index (χ3v) is 4.06. The monoisotopic (exact) mass is 328 g/mol. The first kappa shape index (κ1) is 14.5. The number of halogens is 2. The van der Waals surface area contributed by atoms with Gasteiger partial charge in [-0.15, -0.1) is 0 Å². The van der Waals surface area contributed by atoms with Gasteiger partial charge in [-0.25, -0.2) is 4.39 Å². The van der Waals surface area contributed by atoms with Crippen LogP contribution < -0.4 is 11.1 Å². The van der Waals surface area contributed by atoms with E-state index in [4.69, 9.17) is 5.73 Å². The van der Waals surface area contributed by atoms with E-state index in [0.717, 1.165) is 25.7 Å². The molecule has 0 bridgehead atoms. The second-order valence-corrected chi connectivity index (χ2v) is 5.92. The molecule has 0 aliphatic heterocycles.